The highest BCUT2D eigenvalue weighted by Crippen LogP contribution is 2.32. The Labute approximate surface area is 145 Å². The summed E-state index contributed by atoms with van der Waals surface area (Å²) >= 11 is 7.47. The zero-order chi connectivity index (χ0) is 16.4. The lowest BCUT2D eigenvalue weighted by molar-refractivity contribution is 0.363. The van der Waals surface area contributed by atoms with Crippen molar-refractivity contribution in [3.63, 3.8) is 0 Å². The molecule has 0 spiro atoms. The fourth-order valence-corrected chi connectivity index (χ4v) is 3.57. The van der Waals surface area contributed by atoms with E-state index in [9.17, 15) is 0 Å². The second kappa shape index (κ2) is 6.55. The topological polar surface area (TPSA) is 81.1 Å². The number of anilines is 2. The minimum absolute atomic E-state index is 0.0855. The summed E-state index contributed by atoms with van der Waals surface area (Å²) in [7, 11) is 0. The summed E-state index contributed by atoms with van der Waals surface area (Å²) in [6.07, 6.45) is 3.66. The average molecular weight is 350 g/mol. The molecule has 5 nitrogen and oxygen atoms in total. The Bertz CT molecular complexity index is 697. The molecule has 0 saturated carbocycles. The van der Waals surface area contributed by atoms with E-state index in [0.717, 1.165) is 36.6 Å². The lowest BCUT2D eigenvalue weighted by atomic mass is 9.91. The van der Waals surface area contributed by atoms with E-state index in [1.165, 1.54) is 11.8 Å². The Morgan fingerprint density at radius 1 is 1.30 bits per heavy atom. The second-order valence-corrected chi connectivity index (χ2v) is 7.62. The first kappa shape index (κ1) is 16.4. The molecular weight excluding hydrogens is 330 g/mol. The molecule has 0 unspecified atom stereocenters. The molecule has 0 amide bonds. The van der Waals surface area contributed by atoms with Crippen molar-refractivity contribution in [3.8, 4) is 0 Å². The van der Waals surface area contributed by atoms with Gasteiger partial charge in [0.2, 0.25) is 0 Å². The lowest BCUT2D eigenvalue weighted by Crippen LogP contribution is -2.48. The molecule has 7 heteroatoms. The van der Waals surface area contributed by atoms with Crippen molar-refractivity contribution in [3.05, 3.63) is 35.5 Å². The molecule has 1 aliphatic rings. The zero-order valence-electron chi connectivity index (χ0n) is 13.0. The van der Waals surface area contributed by atoms with Gasteiger partial charge in [-0.15, -0.1) is 0 Å². The molecule has 0 aliphatic carbocycles. The Hall–Kier alpha value is -1.50. The first-order chi connectivity index (χ1) is 10.9. The fraction of sp³-hybridized carbons (Fsp3) is 0.375. The van der Waals surface area contributed by atoms with Gasteiger partial charge in [0.05, 0.1) is 6.20 Å². The molecule has 0 atom stereocenters. The van der Waals surface area contributed by atoms with E-state index in [1.807, 2.05) is 24.3 Å². The van der Waals surface area contributed by atoms with Gasteiger partial charge < -0.3 is 16.4 Å². The minimum atomic E-state index is -0.0855. The van der Waals surface area contributed by atoms with Gasteiger partial charge in [0.15, 0.2) is 5.82 Å². The number of halogens is 1. The highest BCUT2D eigenvalue weighted by molar-refractivity contribution is 7.99. The number of hydrogen-bond donors (Lipinski definition) is 2. The number of nitrogens with zero attached hydrogens (tertiary/aromatic N) is 3. The molecule has 1 saturated heterocycles. The normalized spacial score (nSPS) is 17.3. The van der Waals surface area contributed by atoms with Crippen LogP contribution in [0.3, 0.4) is 0 Å². The number of nitrogens with two attached hydrogens (primary N) is 2. The van der Waals surface area contributed by atoms with Crippen molar-refractivity contribution in [1.82, 2.24) is 9.97 Å². The van der Waals surface area contributed by atoms with Crippen LogP contribution in [0.4, 0.5) is 11.6 Å². The third-order valence-corrected chi connectivity index (χ3v) is 5.22. The summed E-state index contributed by atoms with van der Waals surface area (Å²) in [6.45, 7) is 3.85. The maximum Gasteiger partial charge on any atom is 0.158 e. The molecule has 4 N–H and O–H groups in total. The molecule has 1 aromatic carbocycles. The fourth-order valence-electron chi connectivity index (χ4n) is 2.50. The maximum absolute atomic E-state index is 6.17. The van der Waals surface area contributed by atoms with Gasteiger partial charge in [-0.25, -0.2) is 9.97 Å². The van der Waals surface area contributed by atoms with Gasteiger partial charge in [-0.1, -0.05) is 29.4 Å². The summed E-state index contributed by atoms with van der Waals surface area (Å²) < 4.78 is 0. The van der Waals surface area contributed by atoms with Crippen molar-refractivity contribution < 1.29 is 0 Å². The smallest absolute Gasteiger partial charge is 0.158 e. The monoisotopic (exact) mass is 349 g/mol. The predicted octanol–water partition coefficient (Wildman–Crippen LogP) is 3.18. The number of nitrogen functional groups attached to an aromatic ring is 1. The van der Waals surface area contributed by atoms with Crippen LogP contribution in [-0.4, -0.2) is 28.6 Å². The average Bonchev–Trinajstić information content (AvgIpc) is 2.49. The summed E-state index contributed by atoms with van der Waals surface area (Å²) in [5.41, 5.74) is 12.2. The minimum Gasteiger partial charge on any atom is -0.381 e. The van der Waals surface area contributed by atoms with Crippen molar-refractivity contribution in [2.24, 2.45) is 5.73 Å². The van der Waals surface area contributed by atoms with Crippen LogP contribution < -0.4 is 16.4 Å². The van der Waals surface area contributed by atoms with E-state index in [2.05, 4.69) is 21.8 Å². The number of benzene rings is 1. The highest BCUT2D eigenvalue weighted by Gasteiger charge is 2.26. The third-order valence-electron chi connectivity index (χ3n) is 3.99. The van der Waals surface area contributed by atoms with Crippen molar-refractivity contribution in [2.75, 3.05) is 23.7 Å². The van der Waals surface area contributed by atoms with Crippen LogP contribution in [0.25, 0.3) is 0 Å². The molecule has 3 rings (SSSR count). The maximum atomic E-state index is 6.17. The summed E-state index contributed by atoms with van der Waals surface area (Å²) in [4.78, 5) is 12.2. The number of hydrogen-bond acceptors (Lipinski definition) is 6. The van der Waals surface area contributed by atoms with Gasteiger partial charge in [0, 0.05) is 28.5 Å². The van der Waals surface area contributed by atoms with E-state index < -0.39 is 0 Å². The Balaban J connectivity index is 1.73. The van der Waals surface area contributed by atoms with Crippen LogP contribution in [0.2, 0.25) is 5.02 Å². The first-order valence-electron chi connectivity index (χ1n) is 7.53. The van der Waals surface area contributed by atoms with Crippen LogP contribution in [0, 0.1) is 0 Å². The molecule has 1 aliphatic heterocycles. The summed E-state index contributed by atoms with van der Waals surface area (Å²) in [5, 5.41) is 1.38. The van der Waals surface area contributed by atoms with Crippen LogP contribution in [0.15, 0.2) is 40.4 Å². The Morgan fingerprint density at radius 3 is 2.70 bits per heavy atom. The molecule has 122 valence electrons. The van der Waals surface area contributed by atoms with Crippen LogP contribution in [-0.2, 0) is 0 Å². The summed E-state index contributed by atoms with van der Waals surface area (Å²) in [5.74, 6) is 1.25. The van der Waals surface area contributed by atoms with E-state index >= 15 is 0 Å². The van der Waals surface area contributed by atoms with Crippen molar-refractivity contribution >= 4 is 35.0 Å². The SMILES string of the molecule is CC1(N)CCN(c2cnc(Sc3cccc(Cl)c3)c(N)n2)CC1. The van der Waals surface area contributed by atoms with Gasteiger partial charge in [-0.2, -0.15) is 0 Å². The molecule has 1 fully saturated rings. The highest BCUT2D eigenvalue weighted by atomic mass is 35.5. The van der Waals surface area contributed by atoms with E-state index in [4.69, 9.17) is 23.1 Å². The van der Waals surface area contributed by atoms with Gasteiger partial charge in [0.25, 0.3) is 0 Å². The standard InChI is InChI=1S/C16H20ClN5S/c1-16(19)5-7-22(8-6-16)13-10-20-15(14(18)21-13)23-12-4-2-3-11(17)9-12/h2-4,9-10H,5-8,19H2,1H3,(H2,18,21). The lowest BCUT2D eigenvalue weighted by Gasteiger charge is -2.37. The third kappa shape index (κ3) is 4.07. The van der Waals surface area contributed by atoms with Gasteiger partial charge >= 0.3 is 0 Å². The van der Waals surface area contributed by atoms with E-state index in [1.54, 1.807) is 6.20 Å². The van der Waals surface area contributed by atoms with Crippen LogP contribution in [0.1, 0.15) is 19.8 Å². The number of rotatable bonds is 3. The number of piperidine rings is 1. The van der Waals surface area contributed by atoms with Gasteiger partial charge in [-0.05, 0) is 38.0 Å². The van der Waals surface area contributed by atoms with Crippen LogP contribution in [0.5, 0.6) is 0 Å². The molecule has 2 heterocycles. The molecule has 0 radical (unpaired) electrons. The second-order valence-electron chi connectivity index (χ2n) is 6.12. The largest absolute Gasteiger partial charge is 0.381 e. The van der Waals surface area contributed by atoms with E-state index in [0.29, 0.717) is 15.9 Å². The molecule has 2 aromatic rings. The molecule has 0 bridgehead atoms. The first-order valence-corrected chi connectivity index (χ1v) is 8.72. The molecule has 23 heavy (non-hydrogen) atoms. The zero-order valence-corrected chi connectivity index (χ0v) is 14.6. The van der Waals surface area contributed by atoms with E-state index in [-0.39, 0.29) is 5.54 Å². The van der Waals surface area contributed by atoms with Gasteiger partial charge in [-0.3, -0.25) is 0 Å². The molecule has 1 aromatic heterocycles. The van der Waals surface area contributed by atoms with Crippen molar-refractivity contribution in [2.45, 2.75) is 35.2 Å². The Kier molecular flexibility index (Phi) is 4.66. The molecular formula is C16H20ClN5S. The van der Waals surface area contributed by atoms with Crippen LogP contribution >= 0.6 is 23.4 Å². The Morgan fingerprint density at radius 2 is 2.04 bits per heavy atom. The van der Waals surface area contributed by atoms with Crippen molar-refractivity contribution in [1.29, 1.82) is 0 Å². The summed E-state index contributed by atoms with van der Waals surface area (Å²) in [6, 6.07) is 7.60. The quantitative estimate of drug-likeness (QED) is 0.885. The predicted molar refractivity (Wildman–Crippen MR) is 96.1 cm³/mol. The number of aromatic nitrogens is 2. The van der Waals surface area contributed by atoms with Gasteiger partial charge in [0.1, 0.15) is 10.8 Å².